The summed E-state index contributed by atoms with van der Waals surface area (Å²) in [6, 6.07) is 16.4. The van der Waals surface area contributed by atoms with E-state index in [1.165, 1.54) is 5.56 Å². The second-order valence-corrected chi connectivity index (χ2v) is 5.09. The fourth-order valence-electron chi connectivity index (χ4n) is 2.42. The quantitative estimate of drug-likeness (QED) is 0.605. The summed E-state index contributed by atoms with van der Waals surface area (Å²) in [4.78, 5) is 11.8. The van der Waals surface area contributed by atoms with Crippen LogP contribution in [0.25, 0.3) is 16.7 Å². The monoisotopic (exact) mass is 289 g/mol. The van der Waals surface area contributed by atoms with Gasteiger partial charge in [-0.2, -0.15) is 0 Å². The van der Waals surface area contributed by atoms with Crippen LogP contribution in [0.5, 0.6) is 0 Å². The van der Waals surface area contributed by atoms with Crippen LogP contribution in [-0.2, 0) is 6.54 Å². The number of hydrogen-bond acceptors (Lipinski definition) is 3. The number of anilines is 1. The molecule has 0 aliphatic heterocycles. The van der Waals surface area contributed by atoms with Crippen molar-refractivity contribution < 1.29 is 0 Å². The zero-order chi connectivity index (χ0) is 14.8. The van der Waals surface area contributed by atoms with Gasteiger partial charge in [-0.3, -0.25) is 0 Å². The molecule has 2 aromatic carbocycles. The molecule has 0 aliphatic carbocycles. The third-order valence-corrected chi connectivity index (χ3v) is 3.59. The number of benzene rings is 2. The molecule has 0 aliphatic rings. The fourth-order valence-corrected chi connectivity index (χ4v) is 2.42. The van der Waals surface area contributed by atoms with Gasteiger partial charge in [0.2, 0.25) is 5.95 Å². The van der Waals surface area contributed by atoms with Crippen LogP contribution in [-0.4, -0.2) is 19.5 Å². The Morgan fingerprint density at radius 2 is 1.91 bits per heavy atom. The Balaban J connectivity index is 1.47. The lowest BCUT2D eigenvalue weighted by Crippen LogP contribution is -2.01. The molecule has 5 heteroatoms. The first kappa shape index (κ1) is 12.6. The Bertz CT molecular complexity index is 842. The van der Waals surface area contributed by atoms with Gasteiger partial charge in [-0.05, 0) is 29.8 Å². The van der Waals surface area contributed by atoms with E-state index in [2.05, 4.69) is 44.5 Å². The van der Waals surface area contributed by atoms with Crippen molar-refractivity contribution in [3.8, 4) is 5.69 Å². The van der Waals surface area contributed by atoms with Crippen molar-refractivity contribution in [3.63, 3.8) is 0 Å². The maximum Gasteiger partial charge on any atom is 0.201 e. The molecule has 2 heterocycles. The zero-order valence-corrected chi connectivity index (χ0v) is 11.9. The van der Waals surface area contributed by atoms with Crippen LogP contribution in [0.1, 0.15) is 5.56 Å². The van der Waals surface area contributed by atoms with E-state index in [1.54, 1.807) is 12.5 Å². The summed E-state index contributed by atoms with van der Waals surface area (Å²) in [7, 11) is 0. The van der Waals surface area contributed by atoms with Gasteiger partial charge in [0, 0.05) is 24.6 Å². The molecule has 2 aromatic heterocycles. The SMILES string of the molecule is c1ccc2[nH]c(NCc3ccc(-n4ccnc4)cc3)nc2c1. The van der Waals surface area contributed by atoms with Crippen LogP contribution in [0.15, 0.2) is 67.3 Å². The molecule has 0 saturated carbocycles. The normalized spacial score (nSPS) is 10.9. The Morgan fingerprint density at radius 3 is 2.68 bits per heavy atom. The lowest BCUT2D eigenvalue weighted by molar-refractivity contribution is 1.04. The average molecular weight is 289 g/mol. The van der Waals surface area contributed by atoms with Crippen LogP contribution in [0.2, 0.25) is 0 Å². The minimum absolute atomic E-state index is 0.726. The van der Waals surface area contributed by atoms with Crippen molar-refractivity contribution in [2.24, 2.45) is 0 Å². The van der Waals surface area contributed by atoms with E-state index in [-0.39, 0.29) is 0 Å². The molecule has 0 bridgehead atoms. The van der Waals surface area contributed by atoms with Crippen molar-refractivity contribution in [2.45, 2.75) is 6.54 Å². The van der Waals surface area contributed by atoms with E-state index in [0.29, 0.717) is 0 Å². The van der Waals surface area contributed by atoms with Crippen molar-refractivity contribution in [3.05, 3.63) is 72.8 Å². The Labute approximate surface area is 127 Å². The molecular formula is C17H15N5. The molecule has 0 unspecified atom stereocenters. The summed E-state index contributed by atoms with van der Waals surface area (Å²) < 4.78 is 1.98. The summed E-state index contributed by atoms with van der Waals surface area (Å²) in [6.45, 7) is 0.726. The number of aromatic nitrogens is 4. The Kier molecular flexibility index (Phi) is 3.08. The minimum atomic E-state index is 0.726. The first-order chi connectivity index (χ1) is 10.9. The van der Waals surface area contributed by atoms with E-state index in [4.69, 9.17) is 0 Å². The summed E-state index contributed by atoms with van der Waals surface area (Å²) >= 11 is 0. The van der Waals surface area contributed by atoms with Crippen LogP contribution in [0.3, 0.4) is 0 Å². The summed E-state index contributed by atoms with van der Waals surface area (Å²) in [5, 5.41) is 3.32. The van der Waals surface area contributed by atoms with Crippen molar-refractivity contribution in [1.82, 2.24) is 19.5 Å². The summed E-state index contributed by atoms with van der Waals surface area (Å²) in [6.07, 6.45) is 5.50. The van der Waals surface area contributed by atoms with Crippen molar-refractivity contribution >= 4 is 17.0 Å². The highest BCUT2D eigenvalue weighted by Gasteiger charge is 2.02. The molecule has 2 N–H and O–H groups in total. The molecule has 0 spiro atoms. The lowest BCUT2D eigenvalue weighted by atomic mass is 10.2. The second kappa shape index (κ2) is 5.37. The van der Waals surface area contributed by atoms with Crippen molar-refractivity contribution in [1.29, 1.82) is 0 Å². The van der Waals surface area contributed by atoms with Crippen molar-refractivity contribution in [2.75, 3.05) is 5.32 Å². The molecule has 5 nitrogen and oxygen atoms in total. The number of para-hydroxylation sites is 2. The molecule has 0 amide bonds. The highest BCUT2D eigenvalue weighted by atomic mass is 15.1. The molecule has 4 aromatic rings. The van der Waals surface area contributed by atoms with Gasteiger partial charge in [0.15, 0.2) is 0 Å². The standard InChI is InChI=1S/C17H15N5/c1-2-4-16-15(3-1)20-17(21-16)19-11-13-5-7-14(8-6-13)22-10-9-18-12-22/h1-10,12H,11H2,(H2,19,20,21). The van der Waals surface area contributed by atoms with Gasteiger partial charge in [0.05, 0.1) is 17.4 Å². The third kappa shape index (κ3) is 2.44. The lowest BCUT2D eigenvalue weighted by Gasteiger charge is -2.05. The van der Waals surface area contributed by atoms with Gasteiger partial charge < -0.3 is 14.9 Å². The second-order valence-electron chi connectivity index (χ2n) is 5.09. The molecule has 108 valence electrons. The smallest absolute Gasteiger partial charge is 0.201 e. The van der Waals surface area contributed by atoms with Gasteiger partial charge in [0.25, 0.3) is 0 Å². The maximum absolute atomic E-state index is 4.51. The van der Waals surface area contributed by atoms with Crippen LogP contribution in [0, 0.1) is 0 Å². The number of imidazole rings is 2. The van der Waals surface area contributed by atoms with E-state index in [1.807, 2.05) is 35.0 Å². The van der Waals surface area contributed by atoms with E-state index < -0.39 is 0 Å². The van der Waals surface area contributed by atoms with Gasteiger partial charge in [-0.25, -0.2) is 9.97 Å². The highest BCUT2D eigenvalue weighted by molar-refractivity contribution is 5.77. The largest absolute Gasteiger partial charge is 0.352 e. The predicted molar refractivity (Wildman–Crippen MR) is 87.0 cm³/mol. The highest BCUT2D eigenvalue weighted by Crippen LogP contribution is 2.15. The molecule has 0 fully saturated rings. The molecular weight excluding hydrogens is 274 g/mol. The summed E-state index contributed by atoms with van der Waals surface area (Å²) in [5.74, 6) is 0.792. The number of fused-ring (bicyclic) bond motifs is 1. The number of rotatable bonds is 4. The number of hydrogen-bond donors (Lipinski definition) is 2. The van der Waals surface area contributed by atoms with E-state index in [0.717, 1.165) is 29.2 Å². The third-order valence-electron chi connectivity index (χ3n) is 3.59. The predicted octanol–water partition coefficient (Wildman–Crippen LogP) is 3.36. The minimum Gasteiger partial charge on any atom is -0.352 e. The molecule has 0 radical (unpaired) electrons. The van der Waals surface area contributed by atoms with Crippen LogP contribution in [0.4, 0.5) is 5.95 Å². The number of H-pyrrole nitrogens is 1. The first-order valence-corrected chi connectivity index (χ1v) is 7.14. The number of nitrogens with zero attached hydrogens (tertiary/aromatic N) is 3. The number of nitrogens with one attached hydrogen (secondary N) is 2. The van der Waals surface area contributed by atoms with Gasteiger partial charge in [-0.1, -0.05) is 24.3 Å². The average Bonchev–Trinajstić information content (AvgIpc) is 3.22. The van der Waals surface area contributed by atoms with Gasteiger partial charge >= 0.3 is 0 Å². The van der Waals surface area contributed by atoms with Crippen LogP contribution < -0.4 is 5.32 Å². The van der Waals surface area contributed by atoms with Crippen LogP contribution >= 0.6 is 0 Å². The van der Waals surface area contributed by atoms with E-state index >= 15 is 0 Å². The van der Waals surface area contributed by atoms with Gasteiger partial charge in [-0.15, -0.1) is 0 Å². The zero-order valence-electron chi connectivity index (χ0n) is 11.9. The van der Waals surface area contributed by atoms with Gasteiger partial charge in [0.1, 0.15) is 0 Å². The molecule has 0 atom stereocenters. The fraction of sp³-hybridized carbons (Fsp3) is 0.0588. The molecule has 4 rings (SSSR count). The first-order valence-electron chi connectivity index (χ1n) is 7.14. The number of aromatic amines is 1. The molecule has 22 heavy (non-hydrogen) atoms. The Hall–Kier alpha value is -3.08. The topological polar surface area (TPSA) is 58.5 Å². The molecule has 0 saturated heterocycles. The maximum atomic E-state index is 4.51. The Morgan fingerprint density at radius 1 is 1.05 bits per heavy atom. The summed E-state index contributed by atoms with van der Waals surface area (Å²) in [5.41, 5.74) is 4.32. The van der Waals surface area contributed by atoms with E-state index in [9.17, 15) is 0 Å².